The van der Waals surface area contributed by atoms with E-state index in [1.807, 2.05) is 0 Å². The summed E-state index contributed by atoms with van der Waals surface area (Å²) in [6.45, 7) is -1.29. The molecule has 0 aliphatic heterocycles. The average Bonchev–Trinajstić information content (AvgIpc) is 2.82. The molecule has 2 aromatic rings. The van der Waals surface area contributed by atoms with Gasteiger partial charge in [0, 0.05) is 16.9 Å². The molecule has 0 amide bonds. The molecule has 112 valence electrons. The van der Waals surface area contributed by atoms with Gasteiger partial charge in [-0.1, -0.05) is 15.9 Å². The Morgan fingerprint density at radius 1 is 1.38 bits per heavy atom. The van der Waals surface area contributed by atoms with E-state index >= 15 is 0 Å². The summed E-state index contributed by atoms with van der Waals surface area (Å²) in [6.07, 6.45) is -1.22. The van der Waals surface area contributed by atoms with Crippen LogP contribution in [0.1, 0.15) is 16.2 Å². The SMILES string of the molecule is O=Cc1cc(Br)ccc1OCc1nccn1CC(F)(F)F. The number of benzene rings is 1. The number of aldehydes is 1. The summed E-state index contributed by atoms with van der Waals surface area (Å²) in [5.41, 5.74) is 0.304. The first-order chi connectivity index (χ1) is 9.89. The van der Waals surface area contributed by atoms with Crippen molar-refractivity contribution in [2.45, 2.75) is 19.3 Å². The minimum atomic E-state index is -4.33. The van der Waals surface area contributed by atoms with Gasteiger partial charge >= 0.3 is 6.18 Å². The molecule has 0 aliphatic carbocycles. The summed E-state index contributed by atoms with van der Waals surface area (Å²) >= 11 is 3.22. The van der Waals surface area contributed by atoms with Crippen LogP contribution in [-0.2, 0) is 13.2 Å². The fourth-order valence-electron chi connectivity index (χ4n) is 1.70. The van der Waals surface area contributed by atoms with Gasteiger partial charge in [-0.25, -0.2) is 4.98 Å². The Balaban J connectivity index is 2.11. The first kappa shape index (κ1) is 15.6. The standard InChI is InChI=1S/C13H10BrF3N2O2/c14-10-1-2-11(9(5-10)6-20)21-7-12-18-3-4-19(12)8-13(15,16)17/h1-6H,7-8H2. The maximum Gasteiger partial charge on any atom is 0.406 e. The number of halogens is 4. The van der Waals surface area contributed by atoms with Gasteiger partial charge in [0.05, 0.1) is 5.56 Å². The topological polar surface area (TPSA) is 44.1 Å². The Bertz CT molecular complexity index is 641. The van der Waals surface area contributed by atoms with Crippen molar-refractivity contribution in [3.63, 3.8) is 0 Å². The van der Waals surface area contributed by atoms with E-state index in [1.165, 1.54) is 12.4 Å². The van der Waals surface area contributed by atoms with Crippen molar-refractivity contribution in [1.29, 1.82) is 0 Å². The van der Waals surface area contributed by atoms with E-state index < -0.39 is 12.7 Å². The second kappa shape index (κ2) is 6.30. The fraction of sp³-hybridized carbons (Fsp3) is 0.231. The Labute approximate surface area is 126 Å². The minimum absolute atomic E-state index is 0.132. The third-order valence-corrected chi connectivity index (χ3v) is 3.10. The zero-order valence-corrected chi connectivity index (χ0v) is 12.2. The van der Waals surface area contributed by atoms with Crippen molar-refractivity contribution in [3.05, 3.63) is 46.5 Å². The molecule has 0 aliphatic rings. The predicted molar refractivity (Wildman–Crippen MR) is 72.1 cm³/mol. The summed E-state index contributed by atoms with van der Waals surface area (Å²) in [5, 5.41) is 0. The van der Waals surface area contributed by atoms with Gasteiger partial charge in [0.1, 0.15) is 24.7 Å². The number of hydrogen-bond donors (Lipinski definition) is 0. The molecule has 21 heavy (non-hydrogen) atoms. The average molecular weight is 363 g/mol. The number of rotatable bonds is 5. The number of hydrogen-bond acceptors (Lipinski definition) is 3. The van der Waals surface area contributed by atoms with Crippen molar-refractivity contribution < 1.29 is 22.7 Å². The molecule has 1 heterocycles. The Hall–Kier alpha value is -1.83. The van der Waals surface area contributed by atoms with Crippen molar-refractivity contribution in [1.82, 2.24) is 9.55 Å². The number of aromatic nitrogens is 2. The largest absolute Gasteiger partial charge is 0.485 e. The fourth-order valence-corrected chi connectivity index (χ4v) is 2.08. The minimum Gasteiger partial charge on any atom is -0.485 e. The molecule has 8 heteroatoms. The van der Waals surface area contributed by atoms with Crippen LogP contribution in [0.2, 0.25) is 0 Å². The first-order valence-corrected chi connectivity index (χ1v) is 6.62. The van der Waals surface area contributed by atoms with Gasteiger partial charge in [-0.15, -0.1) is 0 Å². The third kappa shape index (κ3) is 4.32. The number of carbonyl (C=O) groups is 1. The van der Waals surface area contributed by atoms with E-state index in [0.29, 0.717) is 16.3 Å². The monoisotopic (exact) mass is 362 g/mol. The van der Waals surface area contributed by atoms with Crippen LogP contribution in [0.5, 0.6) is 5.75 Å². The zero-order valence-electron chi connectivity index (χ0n) is 10.6. The highest BCUT2D eigenvalue weighted by molar-refractivity contribution is 9.10. The van der Waals surface area contributed by atoms with Crippen LogP contribution in [-0.4, -0.2) is 22.0 Å². The first-order valence-electron chi connectivity index (χ1n) is 5.83. The van der Waals surface area contributed by atoms with Crippen molar-refractivity contribution in [2.75, 3.05) is 0 Å². The molecular weight excluding hydrogens is 353 g/mol. The number of carbonyl (C=O) groups excluding carboxylic acids is 1. The zero-order chi connectivity index (χ0) is 15.5. The maximum absolute atomic E-state index is 12.4. The number of alkyl halides is 3. The van der Waals surface area contributed by atoms with Gasteiger partial charge in [-0.2, -0.15) is 13.2 Å². The highest BCUT2D eigenvalue weighted by atomic mass is 79.9. The van der Waals surface area contributed by atoms with Crippen molar-refractivity contribution in [3.8, 4) is 5.75 Å². The maximum atomic E-state index is 12.4. The summed E-state index contributed by atoms with van der Waals surface area (Å²) in [6, 6.07) is 4.79. The molecule has 0 radical (unpaired) electrons. The normalized spacial score (nSPS) is 11.4. The lowest BCUT2D eigenvalue weighted by molar-refractivity contribution is -0.141. The summed E-state index contributed by atoms with van der Waals surface area (Å²) < 4.78 is 44.2. The van der Waals surface area contributed by atoms with Crippen LogP contribution in [0.3, 0.4) is 0 Å². The van der Waals surface area contributed by atoms with Gasteiger partial charge in [0.15, 0.2) is 6.29 Å². The predicted octanol–water partition coefficient (Wildman–Crippen LogP) is 3.60. The van der Waals surface area contributed by atoms with E-state index in [2.05, 4.69) is 20.9 Å². The Morgan fingerprint density at radius 2 is 2.14 bits per heavy atom. The molecule has 0 fully saturated rings. The van der Waals surface area contributed by atoms with Crippen molar-refractivity contribution in [2.24, 2.45) is 0 Å². The quantitative estimate of drug-likeness (QED) is 0.763. The van der Waals surface area contributed by atoms with Crippen LogP contribution in [0.15, 0.2) is 35.1 Å². The number of imidazole rings is 1. The molecular formula is C13H10BrF3N2O2. The van der Waals surface area contributed by atoms with Crippen LogP contribution in [0.25, 0.3) is 0 Å². The van der Waals surface area contributed by atoms with Gasteiger partial charge in [0.2, 0.25) is 0 Å². The molecule has 0 saturated carbocycles. The molecule has 0 unspecified atom stereocenters. The second-order valence-corrected chi connectivity index (χ2v) is 5.09. The van der Waals surface area contributed by atoms with E-state index in [-0.39, 0.29) is 18.2 Å². The van der Waals surface area contributed by atoms with Crippen LogP contribution < -0.4 is 4.74 Å². The Morgan fingerprint density at radius 3 is 2.81 bits per heavy atom. The van der Waals surface area contributed by atoms with Gasteiger partial charge in [0.25, 0.3) is 0 Å². The third-order valence-electron chi connectivity index (χ3n) is 2.61. The van der Waals surface area contributed by atoms with Crippen LogP contribution >= 0.6 is 15.9 Å². The summed E-state index contributed by atoms with van der Waals surface area (Å²) in [5.74, 6) is 0.418. The molecule has 4 nitrogen and oxygen atoms in total. The van der Waals surface area contributed by atoms with E-state index in [0.717, 1.165) is 4.57 Å². The lowest BCUT2D eigenvalue weighted by Crippen LogP contribution is -2.19. The summed E-state index contributed by atoms with van der Waals surface area (Å²) in [4.78, 5) is 14.8. The molecule has 2 rings (SSSR count). The molecule has 0 spiro atoms. The van der Waals surface area contributed by atoms with Gasteiger partial charge in [-0.05, 0) is 18.2 Å². The van der Waals surface area contributed by atoms with Gasteiger partial charge in [-0.3, -0.25) is 4.79 Å². The Kier molecular flexibility index (Phi) is 4.66. The van der Waals surface area contributed by atoms with Gasteiger partial charge < -0.3 is 9.30 Å². The molecule has 0 bridgehead atoms. The molecule has 0 N–H and O–H groups in total. The highest BCUT2D eigenvalue weighted by Crippen LogP contribution is 2.23. The van der Waals surface area contributed by atoms with Crippen LogP contribution in [0, 0.1) is 0 Å². The highest BCUT2D eigenvalue weighted by Gasteiger charge is 2.28. The number of ether oxygens (including phenoxy) is 1. The smallest absolute Gasteiger partial charge is 0.406 e. The van der Waals surface area contributed by atoms with E-state index in [9.17, 15) is 18.0 Å². The van der Waals surface area contributed by atoms with Crippen LogP contribution in [0.4, 0.5) is 13.2 Å². The lowest BCUT2D eigenvalue weighted by atomic mass is 10.2. The van der Waals surface area contributed by atoms with E-state index in [4.69, 9.17) is 4.74 Å². The van der Waals surface area contributed by atoms with Crippen molar-refractivity contribution >= 4 is 22.2 Å². The number of nitrogens with zero attached hydrogens (tertiary/aromatic N) is 2. The van der Waals surface area contributed by atoms with E-state index in [1.54, 1.807) is 18.2 Å². The summed E-state index contributed by atoms with van der Waals surface area (Å²) in [7, 11) is 0. The molecule has 0 saturated heterocycles. The molecule has 1 aromatic carbocycles. The second-order valence-electron chi connectivity index (χ2n) is 4.18. The molecule has 0 atom stereocenters. The lowest BCUT2D eigenvalue weighted by Gasteiger charge is -2.12. The molecule has 1 aromatic heterocycles.